The predicted molar refractivity (Wildman–Crippen MR) is 118 cm³/mol. The summed E-state index contributed by atoms with van der Waals surface area (Å²) in [5.74, 6) is 0.510. The van der Waals surface area contributed by atoms with Crippen molar-refractivity contribution in [2.75, 3.05) is 13.1 Å². The van der Waals surface area contributed by atoms with E-state index in [1.165, 1.54) is 5.39 Å². The maximum Gasteiger partial charge on any atom is 0.253 e. The van der Waals surface area contributed by atoms with Gasteiger partial charge in [0, 0.05) is 54.5 Å². The van der Waals surface area contributed by atoms with E-state index in [4.69, 9.17) is 4.98 Å². The summed E-state index contributed by atoms with van der Waals surface area (Å²) in [5, 5.41) is 2.34. The molecule has 0 bridgehead atoms. The quantitative estimate of drug-likeness (QED) is 0.506. The van der Waals surface area contributed by atoms with E-state index >= 15 is 0 Å². The molecule has 5 rings (SSSR count). The number of carbonyl (C=O) groups is 1. The SMILES string of the molecule is Cn1cncc1-c1ccc2cnc(C3CCN(C(=O)c4ccccc4)CC3)cc2c1. The highest BCUT2D eigenvalue weighted by molar-refractivity contribution is 5.94. The molecule has 1 amide bonds. The van der Waals surface area contributed by atoms with Gasteiger partial charge in [-0.3, -0.25) is 9.78 Å². The van der Waals surface area contributed by atoms with Crippen LogP contribution in [0.3, 0.4) is 0 Å². The van der Waals surface area contributed by atoms with E-state index in [-0.39, 0.29) is 5.91 Å². The van der Waals surface area contributed by atoms with Crippen LogP contribution < -0.4 is 0 Å². The molecule has 30 heavy (non-hydrogen) atoms. The molecule has 4 aromatic rings. The number of aryl methyl sites for hydroxylation is 1. The highest BCUT2D eigenvalue weighted by Gasteiger charge is 2.25. The number of aromatic nitrogens is 3. The van der Waals surface area contributed by atoms with Gasteiger partial charge in [0.05, 0.1) is 18.2 Å². The van der Waals surface area contributed by atoms with Crippen LogP contribution in [0.2, 0.25) is 0 Å². The van der Waals surface area contributed by atoms with Crippen LogP contribution in [0.25, 0.3) is 22.0 Å². The largest absolute Gasteiger partial charge is 0.339 e. The molecule has 5 heteroatoms. The molecule has 3 heterocycles. The first kappa shape index (κ1) is 18.6. The van der Waals surface area contributed by atoms with Crippen LogP contribution in [0.5, 0.6) is 0 Å². The lowest BCUT2D eigenvalue weighted by Crippen LogP contribution is -2.38. The van der Waals surface area contributed by atoms with Crippen molar-refractivity contribution in [3.05, 3.63) is 84.6 Å². The number of likely N-dealkylation sites (tertiary alicyclic amines) is 1. The summed E-state index contributed by atoms with van der Waals surface area (Å²) < 4.78 is 2.03. The van der Waals surface area contributed by atoms with Crippen molar-refractivity contribution in [3.8, 4) is 11.3 Å². The van der Waals surface area contributed by atoms with Gasteiger partial charge in [0.2, 0.25) is 0 Å². The molecule has 0 aliphatic carbocycles. The average molecular weight is 396 g/mol. The average Bonchev–Trinajstić information content (AvgIpc) is 3.24. The highest BCUT2D eigenvalue weighted by atomic mass is 16.2. The van der Waals surface area contributed by atoms with Crippen molar-refractivity contribution in [1.82, 2.24) is 19.4 Å². The molecule has 0 N–H and O–H groups in total. The summed E-state index contributed by atoms with van der Waals surface area (Å²) in [6.45, 7) is 1.54. The lowest BCUT2D eigenvalue weighted by molar-refractivity contribution is 0.0712. The van der Waals surface area contributed by atoms with Gasteiger partial charge in [-0.15, -0.1) is 0 Å². The number of piperidine rings is 1. The van der Waals surface area contributed by atoms with Gasteiger partial charge in [0.1, 0.15) is 0 Å². The Bertz CT molecular complexity index is 1190. The molecule has 0 radical (unpaired) electrons. The monoisotopic (exact) mass is 396 g/mol. The number of carbonyl (C=O) groups excluding carboxylic acids is 1. The van der Waals surface area contributed by atoms with Crippen LogP contribution >= 0.6 is 0 Å². The number of pyridine rings is 1. The second-order valence-corrected chi connectivity index (χ2v) is 7.99. The minimum absolute atomic E-state index is 0.126. The first-order valence-electron chi connectivity index (χ1n) is 10.4. The Balaban J connectivity index is 1.34. The molecule has 2 aromatic heterocycles. The van der Waals surface area contributed by atoms with Crippen molar-refractivity contribution < 1.29 is 4.79 Å². The first-order chi connectivity index (χ1) is 14.7. The standard InChI is InChI=1S/C25H24N4O/c1-28-17-26-16-24(28)20-7-8-21-15-27-23(14-22(21)13-20)18-9-11-29(12-10-18)25(30)19-5-3-2-4-6-19/h2-8,13-18H,9-12H2,1H3. The minimum atomic E-state index is 0.126. The second kappa shape index (κ2) is 7.75. The predicted octanol–water partition coefficient (Wildman–Crippen LogP) is 4.66. The molecule has 5 nitrogen and oxygen atoms in total. The fraction of sp³-hybridized carbons (Fsp3) is 0.240. The number of rotatable bonds is 3. The summed E-state index contributed by atoms with van der Waals surface area (Å²) in [7, 11) is 2.01. The van der Waals surface area contributed by atoms with Gasteiger partial charge in [-0.2, -0.15) is 0 Å². The first-order valence-corrected chi connectivity index (χ1v) is 10.4. The Kier molecular flexibility index (Phi) is 4.79. The molecule has 1 fully saturated rings. The smallest absolute Gasteiger partial charge is 0.253 e. The van der Waals surface area contributed by atoms with E-state index in [0.717, 1.165) is 53.8 Å². The Morgan fingerprint density at radius 1 is 0.967 bits per heavy atom. The molecular weight excluding hydrogens is 372 g/mol. The lowest BCUT2D eigenvalue weighted by Gasteiger charge is -2.32. The normalized spacial score (nSPS) is 14.9. The number of nitrogens with zero attached hydrogens (tertiary/aromatic N) is 4. The van der Waals surface area contributed by atoms with Crippen LogP contribution in [-0.2, 0) is 7.05 Å². The Hall–Kier alpha value is -3.47. The number of hydrogen-bond acceptors (Lipinski definition) is 3. The Morgan fingerprint density at radius 3 is 2.50 bits per heavy atom. The highest BCUT2D eigenvalue weighted by Crippen LogP contribution is 2.30. The van der Waals surface area contributed by atoms with Crippen LogP contribution in [-0.4, -0.2) is 38.4 Å². The summed E-state index contributed by atoms with van der Waals surface area (Å²) in [6.07, 6.45) is 7.57. The summed E-state index contributed by atoms with van der Waals surface area (Å²) in [6, 6.07) is 18.2. The van der Waals surface area contributed by atoms with Gasteiger partial charge in [0.15, 0.2) is 0 Å². The third kappa shape index (κ3) is 3.47. The number of benzene rings is 2. The van der Waals surface area contributed by atoms with Crippen molar-refractivity contribution in [2.45, 2.75) is 18.8 Å². The zero-order chi connectivity index (χ0) is 20.5. The zero-order valence-corrected chi connectivity index (χ0v) is 17.0. The van der Waals surface area contributed by atoms with Gasteiger partial charge < -0.3 is 9.47 Å². The molecule has 0 unspecified atom stereocenters. The third-order valence-electron chi connectivity index (χ3n) is 6.08. The fourth-order valence-corrected chi connectivity index (χ4v) is 4.32. The van der Waals surface area contributed by atoms with E-state index in [2.05, 4.69) is 29.2 Å². The number of hydrogen-bond donors (Lipinski definition) is 0. The van der Waals surface area contributed by atoms with E-state index in [1.807, 2.05) is 65.6 Å². The van der Waals surface area contributed by atoms with Crippen LogP contribution in [0, 0.1) is 0 Å². The molecule has 2 aromatic carbocycles. The molecule has 0 atom stereocenters. The second-order valence-electron chi connectivity index (χ2n) is 7.99. The van der Waals surface area contributed by atoms with E-state index < -0.39 is 0 Å². The van der Waals surface area contributed by atoms with Gasteiger partial charge in [-0.1, -0.05) is 30.3 Å². The maximum absolute atomic E-state index is 12.7. The van der Waals surface area contributed by atoms with Crippen LogP contribution in [0.1, 0.15) is 34.8 Å². The molecule has 0 spiro atoms. The van der Waals surface area contributed by atoms with Gasteiger partial charge in [-0.05, 0) is 42.5 Å². The van der Waals surface area contributed by atoms with E-state index in [9.17, 15) is 4.79 Å². The molecule has 1 aliphatic rings. The summed E-state index contributed by atoms with van der Waals surface area (Å²) >= 11 is 0. The van der Waals surface area contributed by atoms with Crippen molar-refractivity contribution in [3.63, 3.8) is 0 Å². The number of imidazole rings is 1. The molecule has 1 aliphatic heterocycles. The van der Waals surface area contributed by atoms with E-state index in [0.29, 0.717) is 5.92 Å². The molecule has 0 saturated carbocycles. The fourth-order valence-electron chi connectivity index (χ4n) is 4.32. The minimum Gasteiger partial charge on any atom is -0.339 e. The Morgan fingerprint density at radius 2 is 1.77 bits per heavy atom. The summed E-state index contributed by atoms with van der Waals surface area (Å²) in [4.78, 5) is 23.6. The Labute approximate surface area is 176 Å². The maximum atomic E-state index is 12.7. The van der Waals surface area contributed by atoms with Crippen LogP contribution in [0.15, 0.2) is 73.3 Å². The lowest BCUT2D eigenvalue weighted by atomic mass is 9.91. The topological polar surface area (TPSA) is 51.0 Å². The summed E-state index contributed by atoms with van der Waals surface area (Å²) in [5.41, 5.74) is 4.14. The molecular formula is C25H24N4O. The van der Waals surface area contributed by atoms with Gasteiger partial charge >= 0.3 is 0 Å². The molecule has 150 valence electrons. The number of fused-ring (bicyclic) bond motifs is 1. The number of amides is 1. The zero-order valence-electron chi connectivity index (χ0n) is 17.0. The van der Waals surface area contributed by atoms with Crippen molar-refractivity contribution in [1.29, 1.82) is 0 Å². The van der Waals surface area contributed by atoms with Crippen molar-refractivity contribution >= 4 is 16.7 Å². The van der Waals surface area contributed by atoms with E-state index in [1.54, 1.807) is 0 Å². The van der Waals surface area contributed by atoms with Crippen LogP contribution in [0.4, 0.5) is 0 Å². The molecule has 1 saturated heterocycles. The van der Waals surface area contributed by atoms with Gasteiger partial charge in [0.25, 0.3) is 5.91 Å². The van der Waals surface area contributed by atoms with Gasteiger partial charge in [-0.25, -0.2) is 4.98 Å². The van der Waals surface area contributed by atoms with Crippen molar-refractivity contribution in [2.24, 2.45) is 7.05 Å². The third-order valence-corrected chi connectivity index (χ3v) is 6.08.